The van der Waals surface area contributed by atoms with E-state index in [1.165, 1.54) is 11.6 Å². The maximum Gasteiger partial charge on any atom is 0.256 e. The molecule has 1 aliphatic carbocycles. The number of nitrogens with zero attached hydrogens (tertiary/aromatic N) is 1. The van der Waals surface area contributed by atoms with Gasteiger partial charge in [0.15, 0.2) is 0 Å². The van der Waals surface area contributed by atoms with Gasteiger partial charge in [0.25, 0.3) is 5.91 Å². The van der Waals surface area contributed by atoms with Crippen molar-refractivity contribution in [2.24, 2.45) is 5.73 Å². The molecular formula is C19H18ClN3O2. The molecule has 1 amide bonds. The van der Waals surface area contributed by atoms with Crippen LogP contribution in [0.2, 0.25) is 0 Å². The number of halogens is 1. The van der Waals surface area contributed by atoms with E-state index >= 15 is 0 Å². The summed E-state index contributed by atoms with van der Waals surface area (Å²) in [4.78, 5) is 16.7. The fourth-order valence-corrected chi connectivity index (χ4v) is 2.97. The number of amides is 1. The molecule has 4 N–H and O–H groups in total. The molecule has 1 heterocycles. The van der Waals surface area contributed by atoms with Crippen molar-refractivity contribution in [1.29, 1.82) is 0 Å². The predicted octanol–water partition coefficient (Wildman–Crippen LogP) is 3.43. The number of aromatic nitrogens is 1. The lowest BCUT2D eigenvalue weighted by molar-refractivity contribution is 0.102. The van der Waals surface area contributed by atoms with Crippen LogP contribution >= 0.6 is 12.4 Å². The average molecular weight is 356 g/mol. The third-order valence-corrected chi connectivity index (χ3v) is 4.43. The lowest BCUT2D eigenvalue weighted by Gasteiger charge is -2.09. The third kappa shape index (κ3) is 3.29. The third-order valence-electron chi connectivity index (χ3n) is 4.43. The monoisotopic (exact) mass is 355 g/mol. The summed E-state index contributed by atoms with van der Waals surface area (Å²) < 4.78 is 0. The number of carbonyl (C=O) groups is 1. The highest BCUT2D eigenvalue weighted by Crippen LogP contribution is 2.39. The van der Waals surface area contributed by atoms with Crippen molar-refractivity contribution in [1.82, 2.24) is 4.98 Å². The van der Waals surface area contributed by atoms with E-state index < -0.39 is 0 Å². The number of hydrogen-bond acceptors (Lipinski definition) is 4. The van der Waals surface area contributed by atoms with Gasteiger partial charge in [0.05, 0.1) is 0 Å². The predicted molar refractivity (Wildman–Crippen MR) is 100 cm³/mol. The first-order valence-electron chi connectivity index (χ1n) is 7.87. The molecule has 0 radical (unpaired) electrons. The molecule has 5 nitrogen and oxygen atoms in total. The molecule has 2 atom stereocenters. The number of pyridine rings is 1. The van der Waals surface area contributed by atoms with E-state index in [9.17, 15) is 9.90 Å². The first-order chi connectivity index (χ1) is 11.6. The van der Waals surface area contributed by atoms with E-state index in [1.54, 1.807) is 24.4 Å². The summed E-state index contributed by atoms with van der Waals surface area (Å²) in [6.45, 7) is 0. The van der Waals surface area contributed by atoms with Gasteiger partial charge in [0.1, 0.15) is 11.3 Å². The summed E-state index contributed by atoms with van der Waals surface area (Å²) in [6.07, 6.45) is 2.61. The molecule has 2 aromatic carbocycles. The summed E-state index contributed by atoms with van der Waals surface area (Å²) in [6, 6.07) is 14.7. The summed E-state index contributed by atoms with van der Waals surface area (Å²) in [5.74, 6) is 0.276. The van der Waals surface area contributed by atoms with Crippen LogP contribution in [0.1, 0.15) is 28.3 Å². The highest BCUT2D eigenvalue weighted by atomic mass is 35.5. The summed E-state index contributed by atoms with van der Waals surface area (Å²) in [5.41, 5.74) is 8.69. The number of benzene rings is 2. The van der Waals surface area contributed by atoms with Gasteiger partial charge in [0.2, 0.25) is 0 Å². The van der Waals surface area contributed by atoms with E-state index in [4.69, 9.17) is 5.73 Å². The van der Waals surface area contributed by atoms with Crippen molar-refractivity contribution < 1.29 is 9.90 Å². The summed E-state index contributed by atoms with van der Waals surface area (Å²) in [7, 11) is 0. The Morgan fingerprint density at radius 2 is 1.88 bits per heavy atom. The summed E-state index contributed by atoms with van der Waals surface area (Å²) >= 11 is 0. The van der Waals surface area contributed by atoms with Crippen molar-refractivity contribution in [3.8, 4) is 5.75 Å². The van der Waals surface area contributed by atoms with Crippen molar-refractivity contribution in [2.45, 2.75) is 18.4 Å². The number of anilines is 1. The number of phenols is 1. The van der Waals surface area contributed by atoms with Gasteiger partial charge in [-0.05, 0) is 42.3 Å². The Labute approximate surface area is 151 Å². The number of aromatic hydroxyl groups is 1. The average Bonchev–Trinajstić information content (AvgIpc) is 3.33. The first kappa shape index (κ1) is 17.2. The number of rotatable bonds is 3. The molecule has 0 saturated heterocycles. The topological polar surface area (TPSA) is 88.2 Å². The molecule has 25 heavy (non-hydrogen) atoms. The second-order valence-electron chi connectivity index (χ2n) is 6.11. The smallest absolute Gasteiger partial charge is 0.256 e. The maximum atomic E-state index is 12.6. The number of nitrogens with two attached hydrogens (primary N) is 1. The Hall–Kier alpha value is -2.63. The van der Waals surface area contributed by atoms with Crippen LogP contribution in [0.5, 0.6) is 5.75 Å². The minimum absolute atomic E-state index is 0. The SMILES string of the molecule is Cl.NC1CC1c1ccc(NC(=O)c2ccc(O)c3ncccc23)cc1. The van der Waals surface area contributed by atoms with Crippen LogP contribution in [0.15, 0.2) is 54.7 Å². The Bertz CT molecular complexity index is 928. The fraction of sp³-hybridized carbons (Fsp3) is 0.158. The number of carbonyl (C=O) groups excluding carboxylic acids is 1. The largest absolute Gasteiger partial charge is 0.506 e. The van der Waals surface area contributed by atoms with E-state index in [-0.39, 0.29) is 30.1 Å². The van der Waals surface area contributed by atoms with E-state index in [0.29, 0.717) is 22.4 Å². The Morgan fingerprint density at radius 3 is 2.56 bits per heavy atom. The highest BCUT2D eigenvalue weighted by Gasteiger charge is 2.34. The van der Waals surface area contributed by atoms with Gasteiger partial charge in [0, 0.05) is 34.8 Å². The zero-order chi connectivity index (χ0) is 16.7. The molecule has 128 valence electrons. The molecule has 1 fully saturated rings. The number of hydrogen-bond donors (Lipinski definition) is 3. The van der Waals surface area contributed by atoms with Crippen molar-refractivity contribution in [3.63, 3.8) is 0 Å². The number of phenolic OH excluding ortho intramolecular Hbond substituents is 1. The van der Waals surface area contributed by atoms with Gasteiger partial charge in [-0.2, -0.15) is 0 Å². The van der Waals surface area contributed by atoms with Crippen molar-refractivity contribution >= 4 is 34.9 Å². The fourth-order valence-electron chi connectivity index (χ4n) is 2.97. The van der Waals surface area contributed by atoms with E-state index in [2.05, 4.69) is 10.3 Å². The summed E-state index contributed by atoms with van der Waals surface area (Å²) in [5, 5.41) is 13.4. The number of nitrogens with one attached hydrogen (secondary N) is 1. The van der Waals surface area contributed by atoms with Crippen LogP contribution in [0, 0.1) is 0 Å². The van der Waals surface area contributed by atoms with Crippen molar-refractivity contribution in [2.75, 3.05) is 5.32 Å². The molecular weight excluding hydrogens is 338 g/mol. The van der Waals surface area contributed by atoms with E-state index in [1.807, 2.05) is 24.3 Å². The Morgan fingerprint density at radius 1 is 1.16 bits per heavy atom. The molecule has 1 saturated carbocycles. The van der Waals surface area contributed by atoms with Gasteiger partial charge < -0.3 is 16.2 Å². The molecule has 6 heteroatoms. The van der Waals surface area contributed by atoms with Gasteiger partial charge in [-0.1, -0.05) is 18.2 Å². The van der Waals surface area contributed by atoms with Crippen LogP contribution in [-0.4, -0.2) is 22.0 Å². The van der Waals surface area contributed by atoms with E-state index in [0.717, 1.165) is 12.1 Å². The molecule has 1 aromatic heterocycles. The van der Waals surface area contributed by atoms with Crippen LogP contribution in [-0.2, 0) is 0 Å². The molecule has 3 aromatic rings. The highest BCUT2D eigenvalue weighted by molar-refractivity contribution is 6.13. The Kier molecular flexibility index (Phi) is 4.61. The van der Waals surface area contributed by atoms with Gasteiger partial charge >= 0.3 is 0 Å². The standard InChI is InChI=1S/C19H17N3O2.ClH/c20-16-10-15(16)11-3-5-12(6-4-11)22-19(24)14-7-8-17(23)18-13(14)2-1-9-21-18;/h1-9,15-16,23H,10,20H2,(H,22,24);1H. The molecule has 0 aliphatic heterocycles. The minimum Gasteiger partial charge on any atom is -0.506 e. The second kappa shape index (κ2) is 6.70. The maximum absolute atomic E-state index is 12.6. The lowest BCUT2D eigenvalue weighted by Crippen LogP contribution is -2.12. The van der Waals surface area contributed by atoms with Gasteiger partial charge in [-0.15, -0.1) is 12.4 Å². The zero-order valence-electron chi connectivity index (χ0n) is 13.3. The van der Waals surface area contributed by atoms with Crippen LogP contribution in [0.3, 0.4) is 0 Å². The van der Waals surface area contributed by atoms with Crippen LogP contribution < -0.4 is 11.1 Å². The normalized spacial score (nSPS) is 18.4. The molecule has 1 aliphatic rings. The van der Waals surface area contributed by atoms with Crippen LogP contribution in [0.4, 0.5) is 5.69 Å². The molecule has 4 rings (SSSR count). The van der Waals surface area contributed by atoms with Gasteiger partial charge in [-0.3, -0.25) is 9.78 Å². The lowest BCUT2D eigenvalue weighted by atomic mass is 10.1. The number of fused-ring (bicyclic) bond motifs is 1. The first-order valence-corrected chi connectivity index (χ1v) is 7.87. The molecule has 0 spiro atoms. The van der Waals surface area contributed by atoms with Crippen LogP contribution in [0.25, 0.3) is 10.9 Å². The zero-order valence-corrected chi connectivity index (χ0v) is 14.2. The Balaban J connectivity index is 0.00000182. The van der Waals surface area contributed by atoms with Crippen molar-refractivity contribution in [3.05, 3.63) is 65.9 Å². The molecule has 0 bridgehead atoms. The minimum atomic E-state index is -0.233. The molecule has 2 unspecified atom stereocenters. The second-order valence-corrected chi connectivity index (χ2v) is 6.11. The van der Waals surface area contributed by atoms with Gasteiger partial charge in [-0.25, -0.2) is 0 Å². The quantitative estimate of drug-likeness (QED) is 0.671.